The highest BCUT2D eigenvalue weighted by Gasteiger charge is 2.37. The van der Waals surface area contributed by atoms with Crippen LogP contribution in [-0.2, 0) is 14.8 Å². The number of aryl methyl sites for hydroxylation is 1. The molecule has 0 unspecified atom stereocenters. The molecule has 9 heteroatoms. The van der Waals surface area contributed by atoms with Gasteiger partial charge in [-0.15, -0.1) is 0 Å². The summed E-state index contributed by atoms with van der Waals surface area (Å²) in [7, 11) is -2.19. The molecule has 0 aliphatic carbocycles. The van der Waals surface area contributed by atoms with E-state index in [0.29, 0.717) is 31.6 Å². The summed E-state index contributed by atoms with van der Waals surface area (Å²) in [5.41, 5.74) is 1.21. The normalized spacial score (nSPS) is 18.8. The Kier molecular flexibility index (Phi) is 7.73. The first kappa shape index (κ1) is 24.5. The molecule has 2 aliphatic heterocycles. The number of hydrogen-bond donors (Lipinski definition) is 0. The molecular weight excluding hydrogens is 454 g/mol. The maximum absolute atomic E-state index is 13.5. The van der Waals surface area contributed by atoms with Gasteiger partial charge in [0, 0.05) is 32.1 Å². The first-order chi connectivity index (χ1) is 16.4. The van der Waals surface area contributed by atoms with Crippen LogP contribution < -0.4 is 4.74 Å². The summed E-state index contributed by atoms with van der Waals surface area (Å²) in [6.07, 6.45) is 8.94. The van der Waals surface area contributed by atoms with Crippen LogP contribution in [-0.4, -0.2) is 62.0 Å². The molecule has 0 spiro atoms. The lowest BCUT2D eigenvalue weighted by Gasteiger charge is -2.33. The van der Waals surface area contributed by atoms with Gasteiger partial charge in [-0.05, 0) is 56.4 Å². The van der Waals surface area contributed by atoms with Crippen LogP contribution in [0.3, 0.4) is 0 Å². The molecule has 2 aromatic rings. The quantitative estimate of drug-likeness (QED) is 0.612. The predicted octanol–water partition coefficient (Wildman–Crippen LogP) is 3.97. The van der Waals surface area contributed by atoms with Gasteiger partial charge in [0.15, 0.2) is 10.7 Å². The van der Waals surface area contributed by atoms with Crippen molar-refractivity contribution in [3.8, 4) is 5.75 Å². The van der Waals surface area contributed by atoms with Gasteiger partial charge in [0.1, 0.15) is 11.4 Å². The fourth-order valence-electron chi connectivity index (χ4n) is 4.71. The standard InChI is InChI=1S/C25H33N3O5S/c1-19-24(23(33-26-19)12-9-20-7-10-22(32-2)11-8-20)34(30,31)28-17-13-21(14-18-28)25(29)27-15-5-3-4-6-16-27/h7-12,21H,3-6,13-18H2,1-2H3/b12-9+. The number of ether oxygens (including phenoxy) is 1. The smallest absolute Gasteiger partial charge is 0.248 e. The van der Waals surface area contributed by atoms with Crippen LogP contribution in [0.5, 0.6) is 5.75 Å². The summed E-state index contributed by atoms with van der Waals surface area (Å²) in [5.74, 6) is 1.02. The molecule has 0 N–H and O–H groups in total. The topological polar surface area (TPSA) is 93.0 Å². The van der Waals surface area contributed by atoms with Gasteiger partial charge in [-0.2, -0.15) is 4.31 Å². The van der Waals surface area contributed by atoms with E-state index in [4.69, 9.17) is 9.26 Å². The zero-order valence-electron chi connectivity index (χ0n) is 19.9. The average Bonchev–Trinajstić information content (AvgIpc) is 3.05. The Hall–Kier alpha value is -2.65. The number of hydrogen-bond acceptors (Lipinski definition) is 6. The number of sulfonamides is 1. The molecule has 2 aliphatic rings. The number of benzene rings is 1. The molecular formula is C25H33N3O5S. The molecule has 2 fully saturated rings. The van der Waals surface area contributed by atoms with Crippen molar-refractivity contribution in [2.45, 2.75) is 50.3 Å². The molecule has 34 heavy (non-hydrogen) atoms. The molecule has 0 atom stereocenters. The summed E-state index contributed by atoms with van der Waals surface area (Å²) < 4.78 is 39.0. The van der Waals surface area contributed by atoms with Gasteiger partial charge in [-0.1, -0.05) is 36.2 Å². The molecule has 184 valence electrons. The average molecular weight is 488 g/mol. The number of rotatable bonds is 6. The van der Waals surface area contributed by atoms with Gasteiger partial charge < -0.3 is 14.2 Å². The van der Waals surface area contributed by atoms with Crippen LogP contribution in [0.15, 0.2) is 33.7 Å². The number of amides is 1. The van der Waals surface area contributed by atoms with Crippen molar-refractivity contribution in [1.82, 2.24) is 14.4 Å². The number of carbonyl (C=O) groups is 1. The number of nitrogens with zero attached hydrogens (tertiary/aromatic N) is 3. The van der Waals surface area contributed by atoms with E-state index in [1.807, 2.05) is 29.2 Å². The third-order valence-electron chi connectivity index (χ3n) is 6.70. The van der Waals surface area contributed by atoms with Crippen LogP contribution in [0.4, 0.5) is 0 Å². The highest BCUT2D eigenvalue weighted by molar-refractivity contribution is 7.89. The molecule has 0 bridgehead atoms. The monoisotopic (exact) mass is 487 g/mol. The highest BCUT2D eigenvalue weighted by atomic mass is 32.2. The number of likely N-dealkylation sites (tertiary alicyclic amines) is 1. The number of aromatic nitrogens is 1. The summed E-state index contributed by atoms with van der Waals surface area (Å²) in [6, 6.07) is 7.41. The van der Waals surface area contributed by atoms with Crippen molar-refractivity contribution < 1.29 is 22.5 Å². The lowest BCUT2D eigenvalue weighted by Crippen LogP contribution is -2.44. The van der Waals surface area contributed by atoms with Crippen molar-refractivity contribution in [1.29, 1.82) is 0 Å². The molecule has 1 aromatic heterocycles. The van der Waals surface area contributed by atoms with E-state index in [0.717, 1.165) is 37.2 Å². The summed E-state index contributed by atoms with van der Waals surface area (Å²) >= 11 is 0. The Bertz CT molecular complexity index is 1110. The van der Waals surface area contributed by atoms with Gasteiger partial charge in [-0.25, -0.2) is 8.42 Å². The van der Waals surface area contributed by atoms with Crippen LogP contribution in [0, 0.1) is 12.8 Å². The minimum Gasteiger partial charge on any atom is -0.497 e. The Morgan fingerprint density at radius 2 is 1.68 bits per heavy atom. The molecule has 2 saturated heterocycles. The second-order valence-corrected chi connectivity index (χ2v) is 10.9. The van der Waals surface area contributed by atoms with Gasteiger partial charge in [0.05, 0.1) is 7.11 Å². The van der Waals surface area contributed by atoms with E-state index in [1.54, 1.807) is 26.2 Å². The SMILES string of the molecule is COc1ccc(/C=C/c2onc(C)c2S(=O)(=O)N2CCC(C(=O)N3CCCCCC3)CC2)cc1. The van der Waals surface area contributed by atoms with Crippen molar-refractivity contribution >= 4 is 28.1 Å². The summed E-state index contributed by atoms with van der Waals surface area (Å²) in [6.45, 7) is 3.91. The third kappa shape index (κ3) is 5.36. The van der Waals surface area contributed by atoms with Gasteiger partial charge in [0.2, 0.25) is 15.9 Å². The Balaban J connectivity index is 1.45. The van der Waals surface area contributed by atoms with Gasteiger partial charge in [0.25, 0.3) is 0 Å². The molecule has 0 radical (unpaired) electrons. The minimum absolute atomic E-state index is 0.0922. The Morgan fingerprint density at radius 3 is 2.29 bits per heavy atom. The zero-order chi connectivity index (χ0) is 24.1. The molecule has 0 saturated carbocycles. The maximum atomic E-state index is 13.5. The molecule has 1 amide bonds. The van der Waals surface area contributed by atoms with Crippen molar-refractivity contribution in [2.75, 3.05) is 33.3 Å². The summed E-state index contributed by atoms with van der Waals surface area (Å²) in [5, 5.41) is 3.92. The molecule has 1 aromatic carbocycles. The van der Waals surface area contributed by atoms with E-state index in [9.17, 15) is 13.2 Å². The van der Waals surface area contributed by atoms with Crippen LogP contribution in [0.2, 0.25) is 0 Å². The fourth-order valence-corrected chi connectivity index (χ4v) is 6.43. The second kappa shape index (κ2) is 10.7. The molecule has 3 heterocycles. The van der Waals surface area contributed by atoms with Crippen LogP contribution in [0.1, 0.15) is 55.5 Å². The maximum Gasteiger partial charge on any atom is 0.248 e. The van der Waals surface area contributed by atoms with E-state index in [-0.39, 0.29) is 22.5 Å². The number of carbonyl (C=O) groups excluding carboxylic acids is 1. The first-order valence-corrected chi connectivity index (χ1v) is 13.4. The zero-order valence-corrected chi connectivity index (χ0v) is 20.7. The Morgan fingerprint density at radius 1 is 1.03 bits per heavy atom. The third-order valence-corrected chi connectivity index (χ3v) is 8.75. The van der Waals surface area contributed by atoms with E-state index >= 15 is 0 Å². The first-order valence-electron chi connectivity index (χ1n) is 12.0. The van der Waals surface area contributed by atoms with Gasteiger partial charge in [-0.3, -0.25) is 4.79 Å². The fraction of sp³-hybridized carbons (Fsp3) is 0.520. The molecule has 8 nitrogen and oxygen atoms in total. The second-order valence-electron chi connectivity index (χ2n) is 8.99. The highest BCUT2D eigenvalue weighted by Crippen LogP contribution is 2.30. The lowest BCUT2D eigenvalue weighted by molar-refractivity contribution is -0.136. The lowest BCUT2D eigenvalue weighted by atomic mass is 9.96. The van der Waals surface area contributed by atoms with Crippen LogP contribution in [0.25, 0.3) is 12.2 Å². The van der Waals surface area contributed by atoms with Crippen molar-refractivity contribution in [2.24, 2.45) is 5.92 Å². The van der Waals surface area contributed by atoms with Crippen LogP contribution >= 0.6 is 0 Å². The number of piperidine rings is 1. The predicted molar refractivity (Wildman–Crippen MR) is 130 cm³/mol. The number of methoxy groups -OCH3 is 1. The van der Waals surface area contributed by atoms with E-state index in [2.05, 4.69) is 5.16 Å². The Labute approximate surface area is 201 Å². The summed E-state index contributed by atoms with van der Waals surface area (Å²) in [4.78, 5) is 15.0. The van der Waals surface area contributed by atoms with Crippen molar-refractivity contribution in [3.63, 3.8) is 0 Å². The van der Waals surface area contributed by atoms with Gasteiger partial charge >= 0.3 is 0 Å². The van der Waals surface area contributed by atoms with Crippen molar-refractivity contribution in [3.05, 3.63) is 41.3 Å². The molecule has 4 rings (SSSR count). The van der Waals surface area contributed by atoms with E-state index in [1.165, 1.54) is 17.1 Å². The largest absolute Gasteiger partial charge is 0.497 e. The minimum atomic E-state index is -3.79. The van der Waals surface area contributed by atoms with E-state index < -0.39 is 10.0 Å².